The number of hydrogen-bond donors (Lipinski definition) is 3. The number of aromatic nitrogens is 2. The number of hydrogen-bond acceptors (Lipinski definition) is 5. The average molecular weight is 232 g/mol. The first-order valence-electron chi connectivity index (χ1n) is 3.24. The molecule has 0 atom stereocenters. The molecule has 76 valence electrons. The summed E-state index contributed by atoms with van der Waals surface area (Å²) in [4.78, 5) is 16.6. The van der Waals surface area contributed by atoms with E-state index in [0.29, 0.717) is 5.88 Å². The number of nitrogens with zero attached hydrogens (tertiary/aromatic N) is 2. The molecule has 0 aliphatic carbocycles. The van der Waals surface area contributed by atoms with Gasteiger partial charge in [0.15, 0.2) is 0 Å². The number of ether oxygens (including phenoxy) is 1. The van der Waals surface area contributed by atoms with Gasteiger partial charge in [0.25, 0.3) is 10.4 Å². The van der Waals surface area contributed by atoms with Crippen LogP contribution in [0.3, 0.4) is 0 Å². The Labute approximate surface area is 91.1 Å². The highest BCUT2D eigenvalue weighted by Crippen LogP contribution is 1.99. The molecule has 4 N–H and O–H groups in total. The Morgan fingerprint density at radius 3 is 2.43 bits per heavy atom. The van der Waals surface area contributed by atoms with E-state index in [1.807, 2.05) is 0 Å². The van der Waals surface area contributed by atoms with Gasteiger partial charge in [-0.2, -0.15) is 0 Å². The van der Waals surface area contributed by atoms with Gasteiger partial charge in [0.2, 0.25) is 5.88 Å². The summed E-state index contributed by atoms with van der Waals surface area (Å²) in [5.41, 5.74) is 9.40. The predicted octanol–water partition coefficient (Wildman–Crippen LogP) is 0.0939. The zero-order valence-electron chi connectivity index (χ0n) is 6.95. The predicted molar refractivity (Wildman–Crippen MR) is 58.0 cm³/mol. The Kier molecular flexibility index (Phi) is 6.33. The zero-order chi connectivity index (χ0) is 11.0. The van der Waals surface area contributed by atoms with Crippen molar-refractivity contribution < 1.29 is 9.53 Å². The summed E-state index contributed by atoms with van der Waals surface area (Å²) >= 11 is 7.57. The SMILES string of the molecule is NC(=O)S.NC(=S)Oc1cnccn1. The van der Waals surface area contributed by atoms with Crippen molar-refractivity contribution in [2.24, 2.45) is 11.5 Å². The molecule has 0 fully saturated rings. The highest BCUT2D eigenvalue weighted by molar-refractivity contribution is 7.96. The monoisotopic (exact) mass is 232 g/mol. The molecule has 14 heavy (non-hydrogen) atoms. The van der Waals surface area contributed by atoms with E-state index < -0.39 is 5.24 Å². The Balaban J connectivity index is 0.000000364. The van der Waals surface area contributed by atoms with Crippen LogP contribution < -0.4 is 16.2 Å². The zero-order valence-corrected chi connectivity index (χ0v) is 8.66. The maximum Gasteiger partial charge on any atom is 0.273 e. The Hall–Kier alpha value is -1.41. The first-order valence-corrected chi connectivity index (χ1v) is 4.09. The molecule has 6 nitrogen and oxygen atoms in total. The number of thiol groups is 1. The number of carbonyl (C=O) groups is 1. The molecule has 1 amide bonds. The van der Waals surface area contributed by atoms with Crippen LogP contribution in [0.5, 0.6) is 5.88 Å². The fraction of sp³-hybridized carbons (Fsp3) is 0. The number of primary amides is 1. The molecular weight excluding hydrogens is 224 g/mol. The quantitative estimate of drug-likeness (QED) is 0.468. The van der Waals surface area contributed by atoms with Gasteiger partial charge in [-0.25, -0.2) is 4.98 Å². The molecule has 8 heteroatoms. The minimum absolute atomic E-state index is 0.0551. The van der Waals surface area contributed by atoms with Crippen LogP contribution in [-0.4, -0.2) is 20.4 Å². The van der Waals surface area contributed by atoms with E-state index in [-0.39, 0.29) is 5.17 Å². The molecule has 0 saturated heterocycles. The topological polar surface area (TPSA) is 104 Å². The van der Waals surface area contributed by atoms with E-state index in [0.717, 1.165) is 0 Å². The maximum absolute atomic E-state index is 9.09. The molecular formula is C6H8N4O2S2. The minimum Gasteiger partial charge on any atom is -0.411 e. The lowest BCUT2D eigenvalue weighted by atomic mass is 10.7. The lowest BCUT2D eigenvalue weighted by Gasteiger charge is -1.97. The third-order valence-corrected chi connectivity index (χ3v) is 0.828. The summed E-state index contributed by atoms with van der Waals surface area (Å²) < 4.78 is 4.75. The van der Waals surface area contributed by atoms with Gasteiger partial charge in [0.05, 0.1) is 6.20 Å². The van der Waals surface area contributed by atoms with Crippen LogP contribution in [0.25, 0.3) is 0 Å². The first kappa shape index (κ1) is 12.6. The molecule has 0 radical (unpaired) electrons. The van der Waals surface area contributed by atoms with Gasteiger partial charge in [-0.3, -0.25) is 9.78 Å². The van der Waals surface area contributed by atoms with Crippen LogP contribution in [0.15, 0.2) is 18.6 Å². The molecule has 1 aromatic rings. The number of thiocarbonyl (C=S) groups is 1. The second kappa shape index (κ2) is 7.04. The summed E-state index contributed by atoms with van der Waals surface area (Å²) in [5.74, 6) is 0.315. The van der Waals surface area contributed by atoms with Gasteiger partial charge in [0.1, 0.15) is 0 Å². The van der Waals surface area contributed by atoms with E-state index >= 15 is 0 Å². The van der Waals surface area contributed by atoms with Crippen LogP contribution in [0.1, 0.15) is 0 Å². The minimum atomic E-state index is -0.639. The third kappa shape index (κ3) is 8.68. The largest absolute Gasteiger partial charge is 0.411 e. The maximum atomic E-state index is 9.09. The Morgan fingerprint density at radius 2 is 2.07 bits per heavy atom. The highest BCUT2D eigenvalue weighted by atomic mass is 32.1. The van der Waals surface area contributed by atoms with E-state index in [2.05, 4.69) is 40.5 Å². The van der Waals surface area contributed by atoms with Gasteiger partial charge in [-0.05, 0) is 12.2 Å². The molecule has 1 rings (SSSR count). The van der Waals surface area contributed by atoms with Crippen molar-refractivity contribution in [1.29, 1.82) is 0 Å². The van der Waals surface area contributed by atoms with Crippen molar-refractivity contribution in [2.45, 2.75) is 0 Å². The van der Waals surface area contributed by atoms with E-state index in [9.17, 15) is 0 Å². The first-order chi connectivity index (χ1) is 6.52. The van der Waals surface area contributed by atoms with Crippen molar-refractivity contribution in [3.8, 4) is 5.88 Å². The van der Waals surface area contributed by atoms with Gasteiger partial charge in [0, 0.05) is 12.4 Å². The van der Waals surface area contributed by atoms with Crippen molar-refractivity contribution in [2.75, 3.05) is 0 Å². The summed E-state index contributed by atoms with van der Waals surface area (Å²) in [6.45, 7) is 0. The lowest BCUT2D eigenvalue weighted by molar-refractivity contribution is 0.267. The summed E-state index contributed by atoms with van der Waals surface area (Å²) in [7, 11) is 0. The van der Waals surface area contributed by atoms with Crippen molar-refractivity contribution in [3.05, 3.63) is 18.6 Å². The smallest absolute Gasteiger partial charge is 0.273 e. The van der Waals surface area contributed by atoms with Gasteiger partial charge < -0.3 is 16.2 Å². The molecule has 0 unspecified atom stereocenters. The standard InChI is InChI=1S/C5H5N3OS.CH3NOS/c6-5(10)9-4-3-7-1-2-8-4;2-1(3)4/h1-3H,(H2,6,10);(H3,2,3,4). The number of nitrogens with two attached hydrogens (primary N) is 2. The molecule has 0 aromatic carbocycles. The Morgan fingerprint density at radius 1 is 1.50 bits per heavy atom. The second-order valence-corrected chi connectivity index (χ2v) is 2.65. The third-order valence-electron chi connectivity index (χ3n) is 0.745. The van der Waals surface area contributed by atoms with Crippen LogP contribution in [-0.2, 0) is 0 Å². The summed E-state index contributed by atoms with van der Waals surface area (Å²) in [6.07, 6.45) is 4.46. The average Bonchev–Trinajstić information content (AvgIpc) is 2.03. The van der Waals surface area contributed by atoms with E-state index in [1.165, 1.54) is 18.6 Å². The van der Waals surface area contributed by atoms with Crippen molar-refractivity contribution in [1.82, 2.24) is 9.97 Å². The van der Waals surface area contributed by atoms with E-state index in [4.69, 9.17) is 15.3 Å². The fourth-order valence-electron chi connectivity index (χ4n) is 0.441. The molecule has 0 saturated carbocycles. The lowest BCUT2D eigenvalue weighted by Crippen LogP contribution is -2.16. The van der Waals surface area contributed by atoms with Crippen molar-refractivity contribution >= 4 is 35.3 Å². The molecule has 0 aliphatic heterocycles. The number of amides is 1. The van der Waals surface area contributed by atoms with Crippen LogP contribution in [0.4, 0.5) is 4.79 Å². The van der Waals surface area contributed by atoms with E-state index in [1.54, 1.807) is 0 Å². The molecule has 1 aromatic heterocycles. The molecule has 1 heterocycles. The second-order valence-electron chi connectivity index (χ2n) is 1.80. The number of rotatable bonds is 1. The molecule has 0 bridgehead atoms. The Bertz CT molecular complexity index is 302. The van der Waals surface area contributed by atoms with Crippen LogP contribution >= 0.6 is 24.8 Å². The van der Waals surface area contributed by atoms with Gasteiger partial charge >= 0.3 is 0 Å². The van der Waals surface area contributed by atoms with Crippen LogP contribution in [0, 0.1) is 0 Å². The van der Waals surface area contributed by atoms with Crippen LogP contribution in [0.2, 0.25) is 0 Å². The molecule has 0 aliphatic rings. The fourth-order valence-corrected chi connectivity index (χ4v) is 0.527. The normalized spacial score (nSPS) is 8.07. The summed E-state index contributed by atoms with van der Waals surface area (Å²) in [5, 5.41) is -0.694. The van der Waals surface area contributed by atoms with Gasteiger partial charge in [-0.1, -0.05) is 12.6 Å². The number of carbonyl (C=O) groups excluding carboxylic acids is 1. The molecule has 0 spiro atoms. The summed E-state index contributed by atoms with van der Waals surface area (Å²) in [6, 6.07) is 0. The van der Waals surface area contributed by atoms with Gasteiger partial charge in [-0.15, -0.1) is 0 Å². The highest BCUT2D eigenvalue weighted by Gasteiger charge is 1.93. The van der Waals surface area contributed by atoms with Crippen molar-refractivity contribution in [3.63, 3.8) is 0 Å².